The van der Waals surface area contributed by atoms with Crippen molar-refractivity contribution in [2.75, 3.05) is 0 Å². The highest BCUT2D eigenvalue weighted by Crippen LogP contribution is 2.30. The highest BCUT2D eigenvalue weighted by Gasteiger charge is 2.13. The Kier molecular flexibility index (Phi) is 3.06. The van der Waals surface area contributed by atoms with Gasteiger partial charge in [-0.05, 0) is 33.6 Å². The summed E-state index contributed by atoms with van der Waals surface area (Å²) in [4.78, 5) is 4.19. The fraction of sp³-hybridized carbons (Fsp3) is 0.211. The molecule has 1 aromatic heterocycles. The molecule has 1 nitrogen and oxygen atoms in total. The molecule has 0 saturated heterocycles. The molecule has 0 aliphatic carbocycles. The Morgan fingerprint density at radius 1 is 0.850 bits per heavy atom. The lowest BCUT2D eigenvalue weighted by Crippen LogP contribution is -2.10. The van der Waals surface area contributed by atoms with Gasteiger partial charge in [0.1, 0.15) is 0 Å². The fourth-order valence-corrected chi connectivity index (χ4v) is 2.52. The average molecular weight is 261 g/mol. The van der Waals surface area contributed by atoms with E-state index in [0.29, 0.717) is 0 Å². The van der Waals surface area contributed by atoms with E-state index in [9.17, 15) is 0 Å². The standard InChI is InChI=1S/C19H19N/c1-19(2,3)16-9-7-14(8-10-16)17-6-4-5-15-13-20-12-11-18(15)17/h4-13H,1-3H3. The first kappa shape index (κ1) is 12.9. The van der Waals surface area contributed by atoms with Gasteiger partial charge in [0, 0.05) is 17.8 Å². The van der Waals surface area contributed by atoms with Crippen LogP contribution < -0.4 is 0 Å². The number of pyridine rings is 1. The van der Waals surface area contributed by atoms with Gasteiger partial charge in [0.2, 0.25) is 0 Å². The van der Waals surface area contributed by atoms with Crippen LogP contribution in [-0.2, 0) is 5.41 Å². The van der Waals surface area contributed by atoms with Crippen LogP contribution in [0.5, 0.6) is 0 Å². The molecule has 0 aliphatic heterocycles. The lowest BCUT2D eigenvalue weighted by Gasteiger charge is -2.19. The topological polar surface area (TPSA) is 12.9 Å². The van der Waals surface area contributed by atoms with E-state index >= 15 is 0 Å². The summed E-state index contributed by atoms with van der Waals surface area (Å²) in [6.07, 6.45) is 3.78. The van der Waals surface area contributed by atoms with Crippen molar-refractivity contribution in [3.8, 4) is 11.1 Å². The molecule has 0 unspecified atom stereocenters. The maximum atomic E-state index is 4.19. The van der Waals surface area contributed by atoms with E-state index in [1.807, 2.05) is 12.4 Å². The van der Waals surface area contributed by atoms with Gasteiger partial charge in [-0.3, -0.25) is 4.98 Å². The van der Waals surface area contributed by atoms with Crippen LogP contribution in [0, 0.1) is 0 Å². The Labute approximate surface area is 120 Å². The van der Waals surface area contributed by atoms with Gasteiger partial charge in [0.05, 0.1) is 0 Å². The monoisotopic (exact) mass is 261 g/mol. The van der Waals surface area contributed by atoms with Crippen molar-refractivity contribution in [3.63, 3.8) is 0 Å². The Balaban J connectivity index is 2.12. The molecule has 0 N–H and O–H groups in total. The molecule has 0 atom stereocenters. The molecule has 0 aliphatic rings. The summed E-state index contributed by atoms with van der Waals surface area (Å²) in [6, 6.07) is 17.4. The minimum atomic E-state index is 0.196. The third-order valence-electron chi connectivity index (χ3n) is 3.74. The van der Waals surface area contributed by atoms with Crippen LogP contribution >= 0.6 is 0 Å². The second-order valence-electron chi connectivity index (χ2n) is 6.23. The molecular formula is C19H19N. The lowest BCUT2D eigenvalue weighted by atomic mass is 9.86. The number of nitrogens with zero attached hydrogens (tertiary/aromatic N) is 1. The van der Waals surface area contributed by atoms with Crippen LogP contribution in [0.15, 0.2) is 60.9 Å². The van der Waals surface area contributed by atoms with Crippen molar-refractivity contribution >= 4 is 10.8 Å². The molecule has 0 fully saturated rings. The minimum Gasteiger partial charge on any atom is -0.264 e. The van der Waals surface area contributed by atoms with E-state index in [-0.39, 0.29) is 5.41 Å². The van der Waals surface area contributed by atoms with Gasteiger partial charge in [-0.2, -0.15) is 0 Å². The molecule has 0 radical (unpaired) electrons. The van der Waals surface area contributed by atoms with Crippen molar-refractivity contribution in [3.05, 3.63) is 66.5 Å². The van der Waals surface area contributed by atoms with Gasteiger partial charge >= 0.3 is 0 Å². The van der Waals surface area contributed by atoms with E-state index in [1.165, 1.54) is 27.5 Å². The number of fused-ring (bicyclic) bond motifs is 1. The normalized spacial score (nSPS) is 11.8. The van der Waals surface area contributed by atoms with Gasteiger partial charge in [0.25, 0.3) is 0 Å². The number of rotatable bonds is 1. The molecule has 20 heavy (non-hydrogen) atoms. The molecule has 2 aromatic carbocycles. The summed E-state index contributed by atoms with van der Waals surface area (Å²) in [5.41, 5.74) is 4.09. The van der Waals surface area contributed by atoms with E-state index in [1.54, 1.807) is 0 Å². The predicted molar refractivity (Wildman–Crippen MR) is 85.9 cm³/mol. The van der Waals surface area contributed by atoms with Crippen LogP contribution in [0.2, 0.25) is 0 Å². The molecule has 3 rings (SSSR count). The SMILES string of the molecule is CC(C)(C)c1ccc(-c2cccc3cnccc23)cc1. The number of hydrogen-bond acceptors (Lipinski definition) is 1. The Morgan fingerprint density at radius 2 is 1.60 bits per heavy atom. The zero-order valence-electron chi connectivity index (χ0n) is 12.2. The van der Waals surface area contributed by atoms with Crippen LogP contribution in [0.1, 0.15) is 26.3 Å². The second kappa shape index (κ2) is 4.75. The van der Waals surface area contributed by atoms with E-state index in [2.05, 4.69) is 74.3 Å². The van der Waals surface area contributed by atoms with Crippen molar-refractivity contribution in [1.29, 1.82) is 0 Å². The van der Waals surface area contributed by atoms with Gasteiger partial charge in [0.15, 0.2) is 0 Å². The number of aromatic nitrogens is 1. The highest BCUT2D eigenvalue weighted by atomic mass is 14.6. The average Bonchev–Trinajstić information content (AvgIpc) is 2.46. The number of benzene rings is 2. The van der Waals surface area contributed by atoms with E-state index < -0.39 is 0 Å². The van der Waals surface area contributed by atoms with Crippen LogP contribution in [0.25, 0.3) is 21.9 Å². The third-order valence-corrected chi connectivity index (χ3v) is 3.74. The minimum absolute atomic E-state index is 0.196. The first-order valence-corrected chi connectivity index (χ1v) is 6.99. The molecule has 0 bridgehead atoms. The molecule has 100 valence electrons. The van der Waals surface area contributed by atoms with Gasteiger partial charge < -0.3 is 0 Å². The summed E-state index contributed by atoms with van der Waals surface area (Å²) in [7, 11) is 0. The number of hydrogen-bond donors (Lipinski definition) is 0. The van der Waals surface area contributed by atoms with Gasteiger partial charge in [-0.1, -0.05) is 63.2 Å². The summed E-state index contributed by atoms with van der Waals surface area (Å²) in [6.45, 7) is 6.72. The van der Waals surface area contributed by atoms with Crippen LogP contribution in [-0.4, -0.2) is 4.98 Å². The predicted octanol–water partition coefficient (Wildman–Crippen LogP) is 5.20. The molecule has 1 heterocycles. The first-order chi connectivity index (χ1) is 9.55. The Hall–Kier alpha value is -2.15. The lowest BCUT2D eigenvalue weighted by molar-refractivity contribution is 0.590. The first-order valence-electron chi connectivity index (χ1n) is 6.99. The van der Waals surface area contributed by atoms with E-state index in [0.717, 1.165) is 0 Å². The summed E-state index contributed by atoms with van der Waals surface area (Å²) in [5.74, 6) is 0. The molecule has 0 spiro atoms. The highest BCUT2D eigenvalue weighted by molar-refractivity contribution is 5.96. The second-order valence-corrected chi connectivity index (χ2v) is 6.23. The molecule has 0 amide bonds. The van der Waals surface area contributed by atoms with Crippen molar-refractivity contribution in [1.82, 2.24) is 4.98 Å². The van der Waals surface area contributed by atoms with E-state index in [4.69, 9.17) is 0 Å². The van der Waals surface area contributed by atoms with Crippen molar-refractivity contribution in [2.24, 2.45) is 0 Å². The zero-order valence-corrected chi connectivity index (χ0v) is 12.2. The van der Waals surface area contributed by atoms with Crippen LogP contribution in [0.3, 0.4) is 0 Å². The molecule has 3 aromatic rings. The maximum Gasteiger partial charge on any atom is 0.0346 e. The molecular weight excluding hydrogens is 242 g/mol. The molecule has 1 heteroatoms. The fourth-order valence-electron chi connectivity index (χ4n) is 2.52. The Morgan fingerprint density at radius 3 is 2.30 bits per heavy atom. The third kappa shape index (κ3) is 2.32. The van der Waals surface area contributed by atoms with Gasteiger partial charge in [-0.15, -0.1) is 0 Å². The summed E-state index contributed by atoms with van der Waals surface area (Å²) in [5, 5.41) is 2.44. The Bertz CT molecular complexity index is 728. The summed E-state index contributed by atoms with van der Waals surface area (Å²) >= 11 is 0. The summed E-state index contributed by atoms with van der Waals surface area (Å²) < 4.78 is 0. The molecule has 0 saturated carbocycles. The van der Waals surface area contributed by atoms with Crippen molar-refractivity contribution in [2.45, 2.75) is 26.2 Å². The van der Waals surface area contributed by atoms with Crippen molar-refractivity contribution < 1.29 is 0 Å². The maximum absolute atomic E-state index is 4.19. The zero-order chi connectivity index (χ0) is 14.2. The van der Waals surface area contributed by atoms with Gasteiger partial charge in [-0.25, -0.2) is 0 Å². The smallest absolute Gasteiger partial charge is 0.0346 e. The quantitative estimate of drug-likeness (QED) is 0.586. The largest absolute Gasteiger partial charge is 0.264 e. The van der Waals surface area contributed by atoms with Crippen LogP contribution in [0.4, 0.5) is 0 Å².